The maximum absolute atomic E-state index is 12.1. The van der Waals surface area contributed by atoms with E-state index in [1.807, 2.05) is 18.7 Å². The van der Waals surface area contributed by atoms with Gasteiger partial charge in [0.15, 0.2) is 5.96 Å². The molecule has 0 spiro atoms. The fourth-order valence-electron chi connectivity index (χ4n) is 3.90. The van der Waals surface area contributed by atoms with E-state index in [0.717, 1.165) is 50.4 Å². The van der Waals surface area contributed by atoms with Gasteiger partial charge in [0.05, 0.1) is 0 Å². The van der Waals surface area contributed by atoms with Gasteiger partial charge >= 0.3 is 0 Å². The van der Waals surface area contributed by atoms with Gasteiger partial charge in [0.25, 0.3) is 0 Å². The lowest BCUT2D eigenvalue weighted by atomic mass is 9.82. The molecule has 25 heavy (non-hydrogen) atoms. The van der Waals surface area contributed by atoms with Crippen LogP contribution in [0, 0.1) is 17.8 Å². The number of carbonyl (C=O) groups excluding carboxylic acids is 1. The number of likely N-dealkylation sites (tertiary alicyclic amines) is 1. The van der Waals surface area contributed by atoms with Gasteiger partial charge in [-0.3, -0.25) is 9.79 Å². The van der Waals surface area contributed by atoms with E-state index in [1.165, 1.54) is 25.7 Å². The van der Waals surface area contributed by atoms with Crippen molar-refractivity contribution >= 4 is 35.8 Å². The summed E-state index contributed by atoms with van der Waals surface area (Å²) in [5.74, 6) is 2.84. The van der Waals surface area contributed by atoms with Gasteiger partial charge < -0.3 is 15.5 Å². The Bertz CT molecular complexity index is 441. The van der Waals surface area contributed by atoms with Crippen LogP contribution in [0.4, 0.5) is 0 Å². The Kier molecular flexibility index (Phi) is 10.1. The molecule has 146 valence electrons. The van der Waals surface area contributed by atoms with Crippen molar-refractivity contribution in [2.45, 2.75) is 65.8 Å². The maximum atomic E-state index is 12.1. The molecule has 1 aliphatic carbocycles. The van der Waals surface area contributed by atoms with Crippen LogP contribution in [-0.4, -0.2) is 49.0 Å². The Hall–Kier alpha value is -0.530. The fraction of sp³-hybridized carbons (Fsp3) is 0.895. The third-order valence-electron chi connectivity index (χ3n) is 5.23. The van der Waals surface area contributed by atoms with Crippen molar-refractivity contribution in [1.29, 1.82) is 0 Å². The quantitative estimate of drug-likeness (QED) is 0.373. The van der Waals surface area contributed by atoms with Crippen LogP contribution in [0.15, 0.2) is 4.99 Å². The highest BCUT2D eigenvalue weighted by molar-refractivity contribution is 14.0. The topological polar surface area (TPSA) is 56.7 Å². The number of hydrogen-bond donors (Lipinski definition) is 2. The van der Waals surface area contributed by atoms with E-state index in [-0.39, 0.29) is 35.8 Å². The zero-order valence-corrected chi connectivity index (χ0v) is 18.7. The number of nitrogens with zero attached hydrogens (tertiary/aromatic N) is 2. The molecule has 0 aromatic carbocycles. The molecule has 1 saturated heterocycles. The van der Waals surface area contributed by atoms with Gasteiger partial charge in [0.1, 0.15) is 0 Å². The minimum absolute atomic E-state index is 0. The number of rotatable bonds is 5. The zero-order valence-electron chi connectivity index (χ0n) is 16.4. The molecule has 1 saturated carbocycles. The second-order valence-electron chi connectivity index (χ2n) is 7.93. The molecule has 0 aromatic rings. The Morgan fingerprint density at radius 1 is 1.28 bits per heavy atom. The molecule has 0 bridgehead atoms. The Balaban J connectivity index is 0.00000312. The first-order chi connectivity index (χ1) is 11.5. The zero-order chi connectivity index (χ0) is 17.5. The number of hydrogen-bond acceptors (Lipinski definition) is 2. The summed E-state index contributed by atoms with van der Waals surface area (Å²) in [5.41, 5.74) is 0. The van der Waals surface area contributed by atoms with E-state index < -0.39 is 0 Å². The molecule has 3 unspecified atom stereocenters. The minimum atomic E-state index is 0. The number of amides is 1. The van der Waals surface area contributed by atoms with E-state index in [9.17, 15) is 4.79 Å². The van der Waals surface area contributed by atoms with Crippen LogP contribution in [0.2, 0.25) is 0 Å². The molecule has 6 heteroatoms. The average molecular weight is 464 g/mol. The summed E-state index contributed by atoms with van der Waals surface area (Å²) in [6, 6.07) is 0.316. The fourth-order valence-corrected chi connectivity index (χ4v) is 3.90. The van der Waals surface area contributed by atoms with Crippen molar-refractivity contribution in [3.8, 4) is 0 Å². The largest absolute Gasteiger partial charge is 0.357 e. The second-order valence-corrected chi connectivity index (χ2v) is 7.93. The number of carbonyl (C=O) groups is 1. The van der Waals surface area contributed by atoms with Crippen LogP contribution in [0.3, 0.4) is 0 Å². The first-order valence-corrected chi connectivity index (χ1v) is 9.83. The summed E-state index contributed by atoms with van der Waals surface area (Å²) in [6.07, 6.45) is 6.35. The van der Waals surface area contributed by atoms with E-state index in [4.69, 9.17) is 4.99 Å². The molecule has 0 aromatic heterocycles. The standard InChI is InChI=1S/C19H36N4O.HI/c1-5-20-19(21-12-16-8-6-7-15(4)11-16)22-17-9-10-23(13-17)18(24)14(2)3;/h14-17H,5-13H2,1-4H3,(H2,20,21,22);1H. The molecular weight excluding hydrogens is 427 g/mol. The first kappa shape index (κ1) is 22.5. The molecule has 1 aliphatic heterocycles. The summed E-state index contributed by atoms with van der Waals surface area (Å²) in [4.78, 5) is 18.9. The van der Waals surface area contributed by atoms with Gasteiger partial charge in [0.2, 0.25) is 5.91 Å². The third kappa shape index (κ3) is 7.31. The van der Waals surface area contributed by atoms with Gasteiger partial charge in [0, 0.05) is 38.1 Å². The maximum Gasteiger partial charge on any atom is 0.225 e. The lowest BCUT2D eigenvalue weighted by Crippen LogP contribution is -2.45. The monoisotopic (exact) mass is 464 g/mol. The molecule has 2 fully saturated rings. The number of halogens is 1. The Morgan fingerprint density at radius 3 is 2.68 bits per heavy atom. The van der Waals surface area contributed by atoms with Crippen LogP contribution < -0.4 is 10.6 Å². The van der Waals surface area contributed by atoms with Crippen molar-refractivity contribution in [2.24, 2.45) is 22.7 Å². The molecule has 1 heterocycles. The molecular formula is C19H37IN4O. The summed E-state index contributed by atoms with van der Waals surface area (Å²) in [6.45, 7) is 11.8. The van der Waals surface area contributed by atoms with Gasteiger partial charge in [-0.25, -0.2) is 0 Å². The number of guanidine groups is 1. The molecule has 2 N–H and O–H groups in total. The van der Waals surface area contributed by atoms with Gasteiger partial charge in [-0.05, 0) is 38.0 Å². The van der Waals surface area contributed by atoms with Crippen molar-refractivity contribution < 1.29 is 4.79 Å². The normalized spacial score (nSPS) is 27.2. The van der Waals surface area contributed by atoms with Crippen LogP contribution in [0.5, 0.6) is 0 Å². The molecule has 0 radical (unpaired) electrons. The smallest absolute Gasteiger partial charge is 0.225 e. The molecule has 5 nitrogen and oxygen atoms in total. The van der Waals surface area contributed by atoms with Crippen molar-refractivity contribution in [3.05, 3.63) is 0 Å². The highest BCUT2D eigenvalue weighted by atomic mass is 127. The van der Waals surface area contributed by atoms with Gasteiger partial charge in [-0.1, -0.05) is 33.6 Å². The first-order valence-electron chi connectivity index (χ1n) is 9.83. The third-order valence-corrected chi connectivity index (χ3v) is 5.23. The molecule has 1 amide bonds. The Morgan fingerprint density at radius 2 is 2.04 bits per heavy atom. The van der Waals surface area contributed by atoms with Crippen LogP contribution >= 0.6 is 24.0 Å². The summed E-state index contributed by atoms with van der Waals surface area (Å²) < 4.78 is 0. The van der Waals surface area contributed by atoms with E-state index in [0.29, 0.717) is 6.04 Å². The van der Waals surface area contributed by atoms with Crippen molar-refractivity contribution in [3.63, 3.8) is 0 Å². The predicted octanol–water partition coefficient (Wildman–Crippen LogP) is 3.24. The summed E-state index contributed by atoms with van der Waals surface area (Å²) in [7, 11) is 0. The van der Waals surface area contributed by atoms with E-state index >= 15 is 0 Å². The summed E-state index contributed by atoms with van der Waals surface area (Å²) in [5, 5.41) is 6.90. The highest BCUT2D eigenvalue weighted by Crippen LogP contribution is 2.28. The minimum Gasteiger partial charge on any atom is -0.357 e. The lowest BCUT2D eigenvalue weighted by molar-refractivity contribution is -0.133. The van der Waals surface area contributed by atoms with E-state index in [2.05, 4.69) is 24.5 Å². The number of nitrogens with one attached hydrogen (secondary N) is 2. The van der Waals surface area contributed by atoms with Crippen LogP contribution in [-0.2, 0) is 4.79 Å². The summed E-state index contributed by atoms with van der Waals surface area (Å²) >= 11 is 0. The average Bonchev–Trinajstić information content (AvgIpc) is 3.00. The lowest BCUT2D eigenvalue weighted by Gasteiger charge is -2.26. The molecule has 3 atom stereocenters. The van der Waals surface area contributed by atoms with Crippen LogP contribution in [0.25, 0.3) is 0 Å². The van der Waals surface area contributed by atoms with Gasteiger partial charge in [-0.2, -0.15) is 0 Å². The SMILES string of the molecule is CCNC(=NCC1CCCC(C)C1)NC1CCN(C(=O)C(C)C)C1.I. The number of aliphatic imine (C=N–C) groups is 1. The predicted molar refractivity (Wildman–Crippen MR) is 115 cm³/mol. The van der Waals surface area contributed by atoms with Gasteiger partial charge in [-0.15, -0.1) is 24.0 Å². The highest BCUT2D eigenvalue weighted by Gasteiger charge is 2.28. The van der Waals surface area contributed by atoms with E-state index in [1.54, 1.807) is 0 Å². The van der Waals surface area contributed by atoms with Crippen LogP contribution in [0.1, 0.15) is 59.8 Å². The second kappa shape index (κ2) is 11.2. The molecule has 2 rings (SSSR count). The van der Waals surface area contributed by atoms with Crippen molar-refractivity contribution in [2.75, 3.05) is 26.2 Å². The molecule has 2 aliphatic rings. The van der Waals surface area contributed by atoms with Crippen molar-refractivity contribution in [1.82, 2.24) is 15.5 Å². The Labute approximate surface area is 170 Å².